The van der Waals surface area contributed by atoms with E-state index in [0.29, 0.717) is 4.75 Å². The van der Waals surface area contributed by atoms with E-state index in [1.165, 1.54) is 42.7 Å². The van der Waals surface area contributed by atoms with Crippen LogP contribution < -0.4 is 5.32 Å². The van der Waals surface area contributed by atoms with E-state index in [9.17, 15) is 0 Å². The van der Waals surface area contributed by atoms with Crippen molar-refractivity contribution in [2.75, 3.05) is 18.1 Å². The summed E-state index contributed by atoms with van der Waals surface area (Å²) in [7, 11) is 0. The van der Waals surface area contributed by atoms with E-state index in [-0.39, 0.29) is 0 Å². The van der Waals surface area contributed by atoms with Crippen LogP contribution in [0, 0.1) is 13.8 Å². The van der Waals surface area contributed by atoms with E-state index in [1.807, 2.05) is 11.8 Å². The molecule has 1 aromatic rings. The maximum Gasteiger partial charge on any atom is 0.183 e. The second-order valence-corrected chi connectivity index (χ2v) is 7.44. The highest BCUT2D eigenvalue weighted by atomic mass is 32.2. The average molecular weight is 270 g/mol. The number of aryl methyl sites for hydroxylation is 2. The molecule has 0 bridgehead atoms. The van der Waals surface area contributed by atoms with Crippen LogP contribution in [-0.2, 0) is 0 Å². The van der Waals surface area contributed by atoms with Gasteiger partial charge in [-0.25, -0.2) is 4.98 Å². The number of nitrogens with zero attached hydrogens (tertiary/aromatic N) is 1. The molecular formula is C13H22N2S2. The minimum Gasteiger partial charge on any atom is -0.360 e. The number of anilines is 1. The molecule has 0 spiro atoms. The molecule has 4 heteroatoms. The van der Waals surface area contributed by atoms with E-state index < -0.39 is 0 Å². The third kappa shape index (κ3) is 3.16. The number of thioether (sulfide) groups is 1. The first-order chi connectivity index (χ1) is 8.15. The Morgan fingerprint density at radius 2 is 2.00 bits per heavy atom. The Kier molecular flexibility index (Phi) is 4.36. The molecule has 0 atom stereocenters. The van der Waals surface area contributed by atoms with Gasteiger partial charge in [-0.05, 0) is 32.9 Å². The molecule has 96 valence electrons. The van der Waals surface area contributed by atoms with Gasteiger partial charge < -0.3 is 5.32 Å². The first-order valence-corrected chi connectivity index (χ1v) is 8.42. The molecule has 2 rings (SSSR count). The lowest BCUT2D eigenvalue weighted by Gasteiger charge is -2.35. The number of nitrogens with one attached hydrogen (secondary N) is 1. The fourth-order valence-corrected chi connectivity index (χ4v) is 4.16. The summed E-state index contributed by atoms with van der Waals surface area (Å²) in [5, 5.41) is 4.65. The van der Waals surface area contributed by atoms with Crippen molar-refractivity contribution in [1.29, 1.82) is 0 Å². The van der Waals surface area contributed by atoms with Crippen molar-refractivity contribution in [3.05, 3.63) is 10.6 Å². The zero-order chi connectivity index (χ0) is 12.3. The maximum absolute atomic E-state index is 4.56. The SMILES string of the molecule is CSC1(CNc2nc(C)c(C)s2)CCCCC1. The lowest BCUT2D eigenvalue weighted by molar-refractivity contribution is 0.411. The predicted molar refractivity (Wildman–Crippen MR) is 79.4 cm³/mol. The maximum atomic E-state index is 4.56. The number of rotatable bonds is 4. The zero-order valence-corrected chi connectivity index (χ0v) is 12.6. The molecule has 1 aliphatic carbocycles. The molecule has 0 amide bonds. The van der Waals surface area contributed by atoms with Gasteiger partial charge in [0.1, 0.15) is 0 Å². The molecule has 1 saturated carbocycles. The first-order valence-electron chi connectivity index (χ1n) is 6.38. The third-order valence-corrected chi connectivity index (χ3v) is 6.24. The Morgan fingerprint density at radius 3 is 2.53 bits per heavy atom. The van der Waals surface area contributed by atoms with Crippen molar-refractivity contribution in [1.82, 2.24) is 4.98 Å². The van der Waals surface area contributed by atoms with Gasteiger partial charge in [0, 0.05) is 16.2 Å². The summed E-state index contributed by atoms with van der Waals surface area (Å²) in [4.78, 5) is 5.89. The molecule has 0 saturated heterocycles. The average Bonchev–Trinajstić information content (AvgIpc) is 2.68. The predicted octanol–water partition coefficient (Wildman–Crippen LogP) is 4.24. The molecule has 1 fully saturated rings. The van der Waals surface area contributed by atoms with Crippen molar-refractivity contribution in [2.24, 2.45) is 0 Å². The minimum absolute atomic E-state index is 0.450. The van der Waals surface area contributed by atoms with E-state index in [4.69, 9.17) is 0 Å². The number of hydrogen-bond donors (Lipinski definition) is 1. The molecule has 0 unspecified atom stereocenters. The highest BCUT2D eigenvalue weighted by molar-refractivity contribution is 8.00. The summed E-state index contributed by atoms with van der Waals surface area (Å²) in [6.45, 7) is 5.30. The lowest BCUT2D eigenvalue weighted by atomic mass is 9.88. The fraction of sp³-hybridized carbons (Fsp3) is 0.769. The third-order valence-electron chi connectivity index (χ3n) is 3.79. The standard InChI is InChI=1S/C13H22N2S2/c1-10-11(2)17-12(15-10)14-9-13(16-3)7-5-4-6-8-13/h4-9H2,1-3H3,(H,14,15). The number of thiazole rings is 1. The Bertz CT molecular complexity index is 348. The largest absolute Gasteiger partial charge is 0.360 e. The first kappa shape index (κ1) is 13.2. The van der Waals surface area contributed by atoms with Crippen LogP contribution >= 0.6 is 23.1 Å². The summed E-state index contributed by atoms with van der Waals surface area (Å²) in [5.74, 6) is 0. The van der Waals surface area contributed by atoms with Gasteiger partial charge in [0.25, 0.3) is 0 Å². The van der Waals surface area contributed by atoms with Gasteiger partial charge in [0.15, 0.2) is 5.13 Å². The van der Waals surface area contributed by atoms with Crippen LogP contribution in [0.25, 0.3) is 0 Å². The Morgan fingerprint density at radius 1 is 1.29 bits per heavy atom. The summed E-state index contributed by atoms with van der Waals surface area (Å²) in [5.41, 5.74) is 1.17. The van der Waals surface area contributed by atoms with E-state index in [2.05, 4.69) is 30.4 Å². The quantitative estimate of drug-likeness (QED) is 0.886. The van der Waals surface area contributed by atoms with Gasteiger partial charge in [-0.1, -0.05) is 19.3 Å². The van der Waals surface area contributed by atoms with Crippen LogP contribution in [0.3, 0.4) is 0 Å². The Hall–Kier alpha value is -0.220. The summed E-state index contributed by atoms with van der Waals surface area (Å²) in [6, 6.07) is 0. The highest BCUT2D eigenvalue weighted by Crippen LogP contribution is 2.38. The topological polar surface area (TPSA) is 24.9 Å². The van der Waals surface area contributed by atoms with E-state index >= 15 is 0 Å². The molecule has 1 aromatic heterocycles. The van der Waals surface area contributed by atoms with Crippen molar-refractivity contribution >= 4 is 28.2 Å². The molecule has 17 heavy (non-hydrogen) atoms. The lowest BCUT2D eigenvalue weighted by Crippen LogP contribution is -2.35. The number of hydrogen-bond acceptors (Lipinski definition) is 4. The summed E-state index contributed by atoms with van der Waals surface area (Å²) < 4.78 is 0.450. The van der Waals surface area contributed by atoms with Crippen molar-refractivity contribution in [2.45, 2.75) is 50.7 Å². The van der Waals surface area contributed by atoms with Crippen LogP contribution in [-0.4, -0.2) is 22.5 Å². The number of aromatic nitrogens is 1. The Balaban J connectivity index is 1.95. The molecule has 1 heterocycles. The van der Waals surface area contributed by atoms with Crippen molar-refractivity contribution in [3.63, 3.8) is 0 Å². The zero-order valence-electron chi connectivity index (χ0n) is 11.0. The molecular weight excluding hydrogens is 248 g/mol. The molecule has 0 aliphatic heterocycles. The fourth-order valence-electron chi connectivity index (χ4n) is 2.43. The van der Waals surface area contributed by atoms with Gasteiger partial charge in [-0.3, -0.25) is 0 Å². The van der Waals surface area contributed by atoms with E-state index in [0.717, 1.165) is 11.7 Å². The highest BCUT2D eigenvalue weighted by Gasteiger charge is 2.31. The molecule has 1 N–H and O–H groups in total. The Labute approximate surface area is 113 Å². The van der Waals surface area contributed by atoms with Crippen LogP contribution in [0.2, 0.25) is 0 Å². The van der Waals surface area contributed by atoms with Crippen molar-refractivity contribution < 1.29 is 0 Å². The van der Waals surface area contributed by atoms with Gasteiger partial charge in [0.05, 0.1) is 5.69 Å². The smallest absolute Gasteiger partial charge is 0.183 e. The van der Waals surface area contributed by atoms with Gasteiger partial charge in [0.2, 0.25) is 0 Å². The molecule has 0 aromatic carbocycles. The monoisotopic (exact) mass is 270 g/mol. The minimum atomic E-state index is 0.450. The molecule has 0 radical (unpaired) electrons. The van der Waals surface area contributed by atoms with Gasteiger partial charge in [-0.15, -0.1) is 11.3 Å². The summed E-state index contributed by atoms with van der Waals surface area (Å²) >= 11 is 3.82. The van der Waals surface area contributed by atoms with Gasteiger partial charge >= 0.3 is 0 Å². The van der Waals surface area contributed by atoms with Crippen LogP contribution in [0.5, 0.6) is 0 Å². The normalized spacial score (nSPS) is 19.2. The summed E-state index contributed by atoms with van der Waals surface area (Å²) in [6.07, 6.45) is 9.15. The van der Waals surface area contributed by atoms with Crippen LogP contribution in [0.1, 0.15) is 42.7 Å². The van der Waals surface area contributed by atoms with Crippen molar-refractivity contribution in [3.8, 4) is 0 Å². The van der Waals surface area contributed by atoms with E-state index in [1.54, 1.807) is 11.3 Å². The van der Waals surface area contributed by atoms with Crippen LogP contribution in [0.15, 0.2) is 0 Å². The van der Waals surface area contributed by atoms with Gasteiger partial charge in [-0.2, -0.15) is 11.8 Å². The molecule has 2 nitrogen and oxygen atoms in total. The van der Waals surface area contributed by atoms with Crippen LogP contribution in [0.4, 0.5) is 5.13 Å². The second-order valence-electron chi connectivity index (χ2n) is 4.96. The molecule has 1 aliphatic rings. The second kappa shape index (κ2) is 5.61.